The van der Waals surface area contributed by atoms with Crippen LogP contribution in [-0.2, 0) is 6.54 Å². The number of hydrogen-bond acceptors (Lipinski definition) is 3. The van der Waals surface area contributed by atoms with Gasteiger partial charge in [0.05, 0.1) is 0 Å². The van der Waals surface area contributed by atoms with Crippen molar-refractivity contribution >= 4 is 11.7 Å². The first-order valence-corrected chi connectivity index (χ1v) is 5.46. The molecule has 5 heteroatoms. The van der Waals surface area contributed by atoms with Crippen molar-refractivity contribution in [2.75, 3.05) is 5.32 Å². The molecule has 2 heterocycles. The van der Waals surface area contributed by atoms with Crippen molar-refractivity contribution < 1.29 is 4.79 Å². The van der Waals surface area contributed by atoms with Crippen molar-refractivity contribution in [3.8, 4) is 0 Å². The Balaban J connectivity index is 2.11. The molecule has 1 N–H and O–H groups in total. The SMILES string of the molecule is CCn1ccc(C(=O)Nc2cc(C)ccn2)n1. The van der Waals surface area contributed by atoms with Crippen LogP contribution in [0.2, 0.25) is 0 Å². The third kappa shape index (κ3) is 2.69. The van der Waals surface area contributed by atoms with Gasteiger partial charge in [-0.15, -0.1) is 0 Å². The van der Waals surface area contributed by atoms with Gasteiger partial charge in [0, 0.05) is 18.9 Å². The molecule has 0 spiro atoms. The van der Waals surface area contributed by atoms with Crippen LogP contribution in [0.1, 0.15) is 23.0 Å². The van der Waals surface area contributed by atoms with Crippen molar-refractivity contribution in [2.24, 2.45) is 0 Å². The van der Waals surface area contributed by atoms with Gasteiger partial charge in [-0.25, -0.2) is 4.98 Å². The molecule has 0 radical (unpaired) electrons. The highest BCUT2D eigenvalue weighted by Gasteiger charge is 2.09. The van der Waals surface area contributed by atoms with E-state index < -0.39 is 0 Å². The number of rotatable bonds is 3. The molecule has 2 aromatic heterocycles. The maximum Gasteiger partial charge on any atom is 0.277 e. The predicted octanol–water partition coefficient (Wildman–Crippen LogP) is 1.86. The van der Waals surface area contributed by atoms with Gasteiger partial charge >= 0.3 is 0 Å². The minimum atomic E-state index is -0.240. The maximum atomic E-state index is 11.8. The normalized spacial score (nSPS) is 10.2. The van der Waals surface area contributed by atoms with Crippen LogP contribution < -0.4 is 5.32 Å². The van der Waals surface area contributed by atoms with Crippen molar-refractivity contribution in [2.45, 2.75) is 20.4 Å². The van der Waals surface area contributed by atoms with E-state index in [-0.39, 0.29) is 5.91 Å². The smallest absolute Gasteiger partial charge is 0.277 e. The second kappa shape index (κ2) is 4.78. The topological polar surface area (TPSA) is 59.8 Å². The van der Waals surface area contributed by atoms with Gasteiger partial charge < -0.3 is 5.32 Å². The molecule has 0 aliphatic heterocycles. The molecule has 0 atom stereocenters. The first kappa shape index (κ1) is 11.3. The number of carbonyl (C=O) groups is 1. The van der Waals surface area contributed by atoms with E-state index in [4.69, 9.17) is 0 Å². The highest BCUT2D eigenvalue weighted by molar-refractivity contribution is 6.02. The number of nitrogens with zero attached hydrogens (tertiary/aromatic N) is 3. The molecular weight excluding hydrogens is 216 g/mol. The van der Waals surface area contributed by atoms with Crippen molar-refractivity contribution in [1.82, 2.24) is 14.8 Å². The molecule has 0 saturated heterocycles. The molecule has 0 fully saturated rings. The summed E-state index contributed by atoms with van der Waals surface area (Å²) in [6.07, 6.45) is 3.44. The number of aryl methyl sites for hydroxylation is 2. The summed E-state index contributed by atoms with van der Waals surface area (Å²) in [5.74, 6) is 0.302. The second-order valence-corrected chi connectivity index (χ2v) is 3.73. The van der Waals surface area contributed by atoms with E-state index in [1.165, 1.54) is 0 Å². The fraction of sp³-hybridized carbons (Fsp3) is 0.250. The highest BCUT2D eigenvalue weighted by Crippen LogP contribution is 2.07. The molecule has 88 valence electrons. The lowest BCUT2D eigenvalue weighted by Gasteiger charge is -2.02. The van der Waals surface area contributed by atoms with E-state index in [9.17, 15) is 4.79 Å². The Morgan fingerprint density at radius 2 is 2.29 bits per heavy atom. The number of anilines is 1. The van der Waals surface area contributed by atoms with Crippen LogP contribution in [0, 0.1) is 6.92 Å². The van der Waals surface area contributed by atoms with Crippen molar-refractivity contribution in [3.63, 3.8) is 0 Å². The average molecular weight is 230 g/mol. The Morgan fingerprint density at radius 1 is 1.47 bits per heavy atom. The molecule has 1 amide bonds. The summed E-state index contributed by atoms with van der Waals surface area (Å²) in [5.41, 5.74) is 1.45. The Labute approximate surface area is 99.5 Å². The molecular formula is C12H14N4O. The molecule has 0 aromatic carbocycles. The Kier molecular flexibility index (Phi) is 3.18. The summed E-state index contributed by atoms with van der Waals surface area (Å²) >= 11 is 0. The van der Waals surface area contributed by atoms with E-state index in [1.54, 1.807) is 23.1 Å². The zero-order valence-electron chi connectivity index (χ0n) is 9.84. The van der Waals surface area contributed by atoms with Gasteiger partial charge in [-0.1, -0.05) is 0 Å². The lowest BCUT2D eigenvalue weighted by Crippen LogP contribution is -2.14. The third-order valence-electron chi connectivity index (χ3n) is 2.35. The lowest BCUT2D eigenvalue weighted by molar-refractivity contribution is 0.102. The Bertz CT molecular complexity index is 533. The molecule has 2 aromatic rings. The van der Waals surface area contributed by atoms with Crippen LogP contribution in [0.15, 0.2) is 30.6 Å². The average Bonchev–Trinajstić information content (AvgIpc) is 2.77. The molecule has 0 aliphatic rings. The number of hydrogen-bond donors (Lipinski definition) is 1. The van der Waals surface area contributed by atoms with Crippen molar-refractivity contribution in [3.05, 3.63) is 41.9 Å². The fourth-order valence-electron chi connectivity index (χ4n) is 1.44. The quantitative estimate of drug-likeness (QED) is 0.875. The van der Waals surface area contributed by atoms with E-state index in [1.807, 2.05) is 26.0 Å². The summed E-state index contributed by atoms with van der Waals surface area (Å²) in [5, 5.41) is 6.83. The summed E-state index contributed by atoms with van der Waals surface area (Å²) in [7, 11) is 0. The Morgan fingerprint density at radius 3 is 2.94 bits per heavy atom. The first-order valence-electron chi connectivity index (χ1n) is 5.46. The van der Waals surface area contributed by atoms with E-state index in [0.717, 1.165) is 12.1 Å². The highest BCUT2D eigenvalue weighted by atomic mass is 16.2. The second-order valence-electron chi connectivity index (χ2n) is 3.73. The maximum absolute atomic E-state index is 11.8. The molecule has 0 bridgehead atoms. The number of amides is 1. The number of nitrogens with one attached hydrogen (secondary N) is 1. The van der Waals surface area contributed by atoms with E-state index in [0.29, 0.717) is 11.5 Å². The largest absolute Gasteiger partial charge is 0.305 e. The molecule has 0 aliphatic carbocycles. The van der Waals surface area contributed by atoms with Gasteiger partial charge in [0.1, 0.15) is 5.82 Å². The number of carbonyl (C=O) groups excluding carboxylic acids is 1. The fourth-order valence-corrected chi connectivity index (χ4v) is 1.44. The summed E-state index contributed by atoms with van der Waals surface area (Å²) in [6, 6.07) is 5.38. The molecule has 2 rings (SSSR count). The van der Waals surface area contributed by atoms with Crippen molar-refractivity contribution in [1.29, 1.82) is 0 Å². The van der Waals surface area contributed by atoms with Crippen LogP contribution in [0.4, 0.5) is 5.82 Å². The van der Waals surface area contributed by atoms with Crippen LogP contribution in [-0.4, -0.2) is 20.7 Å². The minimum Gasteiger partial charge on any atom is -0.305 e. The molecule has 17 heavy (non-hydrogen) atoms. The molecule has 0 unspecified atom stereocenters. The number of aromatic nitrogens is 3. The molecule has 0 saturated carbocycles. The summed E-state index contributed by atoms with van der Waals surface area (Å²) in [4.78, 5) is 15.9. The lowest BCUT2D eigenvalue weighted by atomic mass is 10.3. The standard InChI is InChI=1S/C12H14N4O/c1-3-16-7-5-10(15-16)12(17)14-11-8-9(2)4-6-13-11/h4-8H,3H2,1-2H3,(H,13,14,17). The van der Waals surface area contributed by atoms with Gasteiger partial charge in [-0.3, -0.25) is 9.48 Å². The Hall–Kier alpha value is -2.17. The van der Waals surface area contributed by atoms with Gasteiger partial charge in [-0.05, 0) is 37.6 Å². The van der Waals surface area contributed by atoms with Gasteiger partial charge in [-0.2, -0.15) is 5.10 Å². The van der Waals surface area contributed by atoms with Gasteiger partial charge in [0.15, 0.2) is 5.69 Å². The first-order chi connectivity index (χ1) is 8.19. The van der Waals surface area contributed by atoms with Gasteiger partial charge in [0.25, 0.3) is 5.91 Å². The molecule has 5 nitrogen and oxygen atoms in total. The zero-order chi connectivity index (χ0) is 12.3. The van der Waals surface area contributed by atoms with Crippen LogP contribution in [0.3, 0.4) is 0 Å². The summed E-state index contributed by atoms with van der Waals surface area (Å²) in [6.45, 7) is 4.66. The monoisotopic (exact) mass is 230 g/mol. The third-order valence-corrected chi connectivity index (χ3v) is 2.35. The number of pyridine rings is 1. The van der Waals surface area contributed by atoms with E-state index >= 15 is 0 Å². The van der Waals surface area contributed by atoms with Crippen LogP contribution >= 0.6 is 0 Å². The minimum absolute atomic E-state index is 0.240. The predicted molar refractivity (Wildman–Crippen MR) is 64.8 cm³/mol. The summed E-state index contributed by atoms with van der Waals surface area (Å²) < 4.78 is 1.71. The van der Waals surface area contributed by atoms with Crippen LogP contribution in [0.5, 0.6) is 0 Å². The van der Waals surface area contributed by atoms with Crippen LogP contribution in [0.25, 0.3) is 0 Å². The zero-order valence-corrected chi connectivity index (χ0v) is 9.84. The van der Waals surface area contributed by atoms with E-state index in [2.05, 4.69) is 15.4 Å². The van der Waals surface area contributed by atoms with Gasteiger partial charge in [0.2, 0.25) is 0 Å².